The van der Waals surface area contributed by atoms with Gasteiger partial charge in [-0.05, 0) is 31.0 Å². The molecule has 3 rings (SSSR count). The number of nitrogens with one attached hydrogen (secondary N) is 1. The molecule has 1 atom stereocenters. The largest absolute Gasteiger partial charge is 0.361 e. The van der Waals surface area contributed by atoms with Crippen LogP contribution in [0.4, 0.5) is 0 Å². The molecule has 0 bridgehead atoms. The molecular formula is C19H26N4O2. The van der Waals surface area contributed by atoms with E-state index in [-0.39, 0.29) is 5.91 Å². The minimum atomic E-state index is -0.475. The fourth-order valence-electron chi connectivity index (χ4n) is 3.51. The van der Waals surface area contributed by atoms with Gasteiger partial charge in [0.2, 0.25) is 5.91 Å². The van der Waals surface area contributed by atoms with Crippen molar-refractivity contribution in [2.24, 2.45) is 5.41 Å². The fraction of sp³-hybridized carbons (Fsp3) is 0.526. The Morgan fingerprint density at radius 1 is 1.44 bits per heavy atom. The third-order valence-corrected chi connectivity index (χ3v) is 4.93. The molecule has 1 aliphatic heterocycles. The highest BCUT2D eigenvalue weighted by Gasteiger charge is 2.45. The predicted molar refractivity (Wildman–Crippen MR) is 94.9 cm³/mol. The maximum atomic E-state index is 12.7. The Kier molecular flexibility index (Phi) is 5.18. The lowest BCUT2D eigenvalue weighted by atomic mass is 9.81. The Balaban J connectivity index is 1.74. The second kappa shape index (κ2) is 7.35. The molecule has 6 heteroatoms. The van der Waals surface area contributed by atoms with Gasteiger partial charge in [0.1, 0.15) is 5.76 Å². The molecule has 6 nitrogen and oxygen atoms in total. The first kappa shape index (κ1) is 17.6. The maximum absolute atomic E-state index is 12.7. The van der Waals surface area contributed by atoms with E-state index in [2.05, 4.69) is 34.2 Å². The van der Waals surface area contributed by atoms with Gasteiger partial charge in [-0.3, -0.25) is 14.7 Å². The predicted octanol–water partition coefficient (Wildman–Crippen LogP) is 2.37. The third kappa shape index (κ3) is 3.90. The van der Waals surface area contributed by atoms with Crippen molar-refractivity contribution in [3.63, 3.8) is 0 Å². The second-order valence-electron chi connectivity index (χ2n) is 7.19. The van der Waals surface area contributed by atoms with E-state index in [0.29, 0.717) is 18.9 Å². The summed E-state index contributed by atoms with van der Waals surface area (Å²) in [5.41, 5.74) is 1.49. The van der Waals surface area contributed by atoms with E-state index >= 15 is 0 Å². The number of aromatic nitrogens is 2. The molecule has 25 heavy (non-hydrogen) atoms. The molecule has 2 aromatic rings. The van der Waals surface area contributed by atoms with Crippen molar-refractivity contribution in [3.8, 4) is 0 Å². The van der Waals surface area contributed by atoms with Crippen LogP contribution in [-0.2, 0) is 17.8 Å². The second-order valence-corrected chi connectivity index (χ2v) is 7.19. The molecule has 134 valence electrons. The summed E-state index contributed by atoms with van der Waals surface area (Å²) in [6.07, 6.45) is 3.18. The van der Waals surface area contributed by atoms with Gasteiger partial charge in [-0.1, -0.05) is 25.1 Å². The highest BCUT2D eigenvalue weighted by atomic mass is 16.5. The van der Waals surface area contributed by atoms with Gasteiger partial charge in [-0.2, -0.15) is 0 Å². The number of pyridine rings is 1. The van der Waals surface area contributed by atoms with Crippen molar-refractivity contribution in [2.45, 2.75) is 39.2 Å². The zero-order valence-corrected chi connectivity index (χ0v) is 15.2. The first-order valence-corrected chi connectivity index (χ1v) is 8.82. The standard InChI is InChI=1S/C19H26N4O2/c1-14(2)17-10-16(25-22-17)11-19(18(24)20-3)7-9-23(13-19)12-15-6-4-5-8-21-15/h4-6,8,10,14H,7,9,11-13H2,1-3H3,(H,20,24)/t19-/m0/s1. The third-order valence-electron chi connectivity index (χ3n) is 4.93. The average molecular weight is 342 g/mol. The summed E-state index contributed by atoms with van der Waals surface area (Å²) < 4.78 is 5.50. The van der Waals surface area contributed by atoms with Crippen molar-refractivity contribution in [3.05, 3.63) is 47.6 Å². The first-order valence-electron chi connectivity index (χ1n) is 8.82. The first-order chi connectivity index (χ1) is 12.0. The van der Waals surface area contributed by atoms with Gasteiger partial charge in [0, 0.05) is 38.8 Å². The number of carbonyl (C=O) groups excluding carboxylic acids is 1. The summed E-state index contributed by atoms with van der Waals surface area (Å²) >= 11 is 0. The smallest absolute Gasteiger partial charge is 0.227 e. The monoisotopic (exact) mass is 342 g/mol. The highest BCUT2D eigenvalue weighted by molar-refractivity contribution is 5.83. The van der Waals surface area contributed by atoms with Crippen molar-refractivity contribution in [1.29, 1.82) is 0 Å². The summed E-state index contributed by atoms with van der Waals surface area (Å²) in [4.78, 5) is 19.3. The minimum absolute atomic E-state index is 0.0681. The quantitative estimate of drug-likeness (QED) is 0.873. The molecule has 0 aromatic carbocycles. The summed E-state index contributed by atoms with van der Waals surface area (Å²) in [5.74, 6) is 1.17. The van der Waals surface area contributed by atoms with Gasteiger partial charge in [0.15, 0.2) is 0 Å². The van der Waals surface area contributed by atoms with Crippen LogP contribution in [0.2, 0.25) is 0 Å². The summed E-state index contributed by atoms with van der Waals surface area (Å²) in [5, 5.41) is 6.97. The van der Waals surface area contributed by atoms with Crippen LogP contribution in [-0.4, -0.2) is 41.1 Å². The number of rotatable bonds is 6. The van der Waals surface area contributed by atoms with Crippen molar-refractivity contribution < 1.29 is 9.32 Å². The molecule has 0 spiro atoms. The van der Waals surface area contributed by atoms with E-state index in [1.54, 1.807) is 13.2 Å². The number of hydrogen-bond acceptors (Lipinski definition) is 5. The van der Waals surface area contributed by atoms with Gasteiger partial charge in [-0.15, -0.1) is 0 Å². The lowest BCUT2D eigenvalue weighted by molar-refractivity contribution is -0.130. The van der Waals surface area contributed by atoms with Gasteiger partial charge in [0.05, 0.1) is 16.8 Å². The van der Waals surface area contributed by atoms with Crippen molar-refractivity contribution in [1.82, 2.24) is 20.4 Å². The SMILES string of the molecule is CNC(=O)[C@]1(Cc2cc(C(C)C)no2)CCN(Cc2ccccn2)C1. The highest BCUT2D eigenvalue weighted by Crippen LogP contribution is 2.35. The molecule has 1 fully saturated rings. The molecule has 1 amide bonds. The summed E-state index contributed by atoms with van der Waals surface area (Å²) in [6, 6.07) is 7.91. The van der Waals surface area contributed by atoms with Gasteiger partial charge < -0.3 is 9.84 Å². The van der Waals surface area contributed by atoms with Gasteiger partial charge in [-0.25, -0.2) is 0 Å². The summed E-state index contributed by atoms with van der Waals surface area (Å²) in [6.45, 7) is 6.49. The van der Waals surface area contributed by atoms with E-state index in [4.69, 9.17) is 4.52 Å². The zero-order chi connectivity index (χ0) is 17.9. The Bertz CT molecular complexity index is 713. The van der Waals surface area contributed by atoms with E-state index in [1.165, 1.54) is 0 Å². The van der Waals surface area contributed by atoms with Crippen molar-refractivity contribution in [2.75, 3.05) is 20.1 Å². The molecule has 2 aromatic heterocycles. The molecular weight excluding hydrogens is 316 g/mol. The van der Waals surface area contributed by atoms with E-state index in [9.17, 15) is 4.79 Å². The van der Waals surface area contributed by atoms with Crippen LogP contribution in [0.5, 0.6) is 0 Å². The molecule has 0 unspecified atom stereocenters. The van der Waals surface area contributed by atoms with Crippen LogP contribution in [0.25, 0.3) is 0 Å². The molecule has 0 aliphatic carbocycles. The van der Waals surface area contributed by atoms with Crippen molar-refractivity contribution >= 4 is 5.91 Å². The lowest BCUT2D eigenvalue weighted by Gasteiger charge is -2.26. The van der Waals surface area contributed by atoms with E-state index in [1.807, 2.05) is 24.3 Å². The van der Waals surface area contributed by atoms with Crippen LogP contribution in [0.15, 0.2) is 35.0 Å². The minimum Gasteiger partial charge on any atom is -0.361 e. The number of carbonyl (C=O) groups is 1. The molecule has 1 saturated heterocycles. The fourth-order valence-corrected chi connectivity index (χ4v) is 3.51. The van der Waals surface area contributed by atoms with E-state index < -0.39 is 5.41 Å². The average Bonchev–Trinajstić information content (AvgIpc) is 3.23. The van der Waals surface area contributed by atoms with Crippen LogP contribution >= 0.6 is 0 Å². The Morgan fingerprint density at radius 2 is 2.28 bits per heavy atom. The van der Waals surface area contributed by atoms with Gasteiger partial charge >= 0.3 is 0 Å². The Hall–Kier alpha value is -2.21. The summed E-state index contributed by atoms with van der Waals surface area (Å²) in [7, 11) is 1.70. The Labute approximate surface area is 148 Å². The number of nitrogens with zero attached hydrogens (tertiary/aromatic N) is 3. The topological polar surface area (TPSA) is 71.3 Å². The Morgan fingerprint density at radius 3 is 2.92 bits per heavy atom. The van der Waals surface area contributed by atoms with Crippen LogP contribution in [0.1, 0.15) is 43.3 Å². The van der Waals surface area contributed by atoms with Crippen LogP contribution < -0.4 is 5.32 Å². The van der Waals surface area contributed by atoms with Crippen LogP contribution in [0.3, 0.4) is 0 Å². The number of hydrogen-bond donors (Lipinski definition) is 1. The molecule has 1 N–H and O–H groups in total. The van der Waals surface area contributed by atoms with E-state index in [0.717, 1.165) is 36.7 Å². The zero-order valence-electron chi connectivity index (χ0n) is 15.2. The maximum Gasteiger partial charge on any atom is 0.227 e. The molecule has 0 radical (unpaired) electrons. The molecule has 0 saturated carbocycles. The van der Waals surface area contributed by atoms with Gasteiger partial charge in [0.25, 0.3) is 0 Å². The lowest BCUT2D eigenvalue weighted by Crippen LogP contribution is -2.43. The normalized spacial score (nSPS) is 21.0. The molecule has 3 heterocycles. The molecule has 1 aliphatic rings. The van der Waals surface area contributed by atoms with Crippen LogP contribution in [0, 0.1) is 5.41 Å². The number of amides is 1. The number of likely N-dealkylation sites (tertiary alicyclic amines) is 1.